The lowest BCUT2D eigenvalue weighted by molar-refractivity contribution is 0.102. The van der Waals surface area contributed by atoms with E-state index in [2.05, 4.69) is 28.3 Å². The van der Waals surface area contributed by atoms with E-state index in [1.54, 1.807) is 0 Å². The third-order valence-corrected chi connectivity index (χ3v) is 5.18. The Morgan fingerprint density at radius 2 is 1.73 bits per heavy atom. The number of benzene rings is 2. The van der Waals surface area contributed by atoms with Crippen molar-refractivity contribution < 1.29 is 4.79 Å². The summed E-state index contributed by atoms with van der Waals surface area (Å²) < 4.78 is 2.25. The molecule has 3 aromatic rings. The number of para-hydroxylation sites is 1. The SMILES string of the molecule is CSCCn1c(-c2ccccc2)cc(C(=O)Nc2ccccc2C)c1C. The second kappa shape index (κ2) is 8.28. The van der Waals surface area contributed by atoms with Crippen LogP contribution in [0.2, 0.25) is 0 Å². The van der Waals surface area contributed by atoms with Gasteiger partial charge < -0.3 is 9.88 Å². The highest BCUT2D eigenvalue weighted by Gasteiger charge is 2.18. The van der Waals surface area contributed by atoms with Crippen LogP contribution in [0, 0.1) is 13.8 Å². The monoisotopic (exact) mass is 364 g/mol. The van der Waals surface area contributed by atoms with Crippen LogP contribution in [-0.4, -0.2) is 22.5 Å². The van der Waals surface area contributed by atoms with Gasteiger partial charge in [-0.1, -0.05) is 48.5 Å². The van der Waals surface area contributed by atoms with Gasteiger partial charge in [0.1, 0.15) is 0 Å². The number of nitrogens with zero attached hydrogens (tertiary/aromatic N) is 1. The van der Waals surface area contributed by atoms with Crippen LogP contribution in [-0.2, 0) is 6.54 Å². The van der Waals surface area contributed by atoms with Crippen molar-refractivity contribution in [1.29, 1.82) is 0 Å². The van der Waals surface area contributed by atoms with Crippen LogP contribution < -0.4 is 5.32 Å². The van der Waals surface area contributed by atoms with E-state index >= 15 is 0 Å². The molecule has 0 aliphatic carbocycles. The average Bonchev–Trinajstić information content (AvgIpc) is 2.99. The smallest absolute Gasteiger partial charge is 0.257 e. The summed E-state index contributed by atoms with van der Waals surface area (Å²) in [5, 5.41) is 3.06. The van der Waals surface area contributed by atoms with Gasteiger partial charge in [0.2, 0.25) is 0 Å². The van der Waals surface area contributed by atoms with Crippen molar-refractivity contribution in [1.82, 2.24) is 4.57 Å². The Kier molecular flexibility index (Phi) is 5.84. The van der Waals surface area contributed by atoms with Crippen molar-refractivity contribution >= 4 is 23.4 Å². The van der Waals surface area contributed by atoms with Crippen LogP contribution >= 0.6 is 11.8 Å². The molecular formula is C22H24N2OS. The Labute approximate surface area is 159 Å². The van der Waals surface area contributed by atoms with E-state index in [1.165, 1.54) is 0 Å². The Balaban J connectivity index is 1.98. The predicted octanol–water partition coefficient (Wildman–Crippen LogP) is 5.39. The molecule has 0 atom stereocenters. The number of rotatable bonds is 6. The minimum absolute atomic E-state index is 0.0584. The third kappa shape index (κ3) is 3.86. The molecule has 1 amide bonds. The van der Waals surface area contributed by atoms with Gasteiger partial charge in [-0.2, -0.15) is 11.8 Å². The number of amides is 1. The summed E-state index contributed by atoms with van der Waals surface area (Å²) in [7, 11) is 0. The van der Waals surface area contributed by atoms with Crippen molar-refractivity contribution in [2.45, 2.75) is 20.4 Å². The Morgan fingerprint density at radius 1 is 1.04 bits per heavy atom. The van der Waals surface area contributed by atoms with Gasteiger partial charge in [-0.3, -0.25) is 4.79 Å². The number of aromatic nitrogens is 1. The van der Waals surface area contributed by atoms with Gasteiger partial charge in [-0.25, -0.2) is 0 Å². The fraction of sp³-hybridized carbons (Fsp3) is 0.227. The van der Waals surface area contributed by atoms with E-state index < -0.39 is 0 Å². The van der Waals surface area contributed by atoms with Gasteiger partial charge in [0.15, 0.2) is 0 Å². The highest BCUT2D eigenvalue weighted by molar-refractivity contribution is 7.98. The number of hydrogen-bond donors (Lipinski definition) is 1. The van der Waals surface area contributed by atoms with Gasteiger partial charge in [0.25, 0.3) is 5.91 Å². The average molecular weight is 365 g/mol. The molecule has 4 heteroatoms. The fourth-order valence-corrected chi connectivity index (χ4v) is 3.46. The lowest BCUT2D eigenvalue weighted by Crippen LogP contribution is -2.14. The summed E-state index contributed by atoms with van der Waals surface area (Å²) in [5.41, 5.74) is 5.87. The van der Waals surface area contributed by atoms with E-state index in [1.807, 2.05) is 74.1 Å². The van der Waals surface area contributed by atoms with Crippen molar-refractivity contribution in [2.24, 2.45) is 0 Å². The van der Waals surface area contributed by atoms with Crippen LogP contribution in [0.5, 0.6) is 0 Å². The molecule has 0 unspecified atom stereocenters. The second-order valence-electron chi connectivity index (χ2n) is 6.31. The normalized spacial score (nSPS) is 10.7. The molecule has 2 aromatic carbocycles. The van der Waals surface area contributed by atoms with Gasteiger partial charge in [0.05, 0.1) is 5.56 Å². The number of anilines is 1. The molecule has 0 aliphatic rings. The van der Waals surface area contributed by atoms with Crippen molar-refractivity contribution in [3.05, 3.63) is 77.5 Å². The third-order valence-electron chi connectivity index (χ3n) is 4.59. The maximum atomic E-state index is 12.9. The van der Waals surface area contributed by atoms with Crippen LogP contribution in [0.15, 0.2) is 60.7 Å². The number of hydrogen-bond acceptors (Lipinski definition) is 2. The topological polar surface area (TPSA) is 34.0 Å². The van der Waals surface area contributed by atoms with Gasteiger partial charge in [0, 0.05) is 29.4 Å². The first-order valence-corrected chi connectivity index (χ1v) is 10.1. The van der Waals surface area contributed by atoms with Gasteiger partial charge >= 0.3 is 0 Å². The summed E-state index contributed by atoms with van der Waals surface area (Å²) in [6.45, 7) is 4.91. The minimum atomic E-state index is -0.0584. The van der Waals surface area contributed by atoms with Crippen LogP contribution in [0.25, 0.3) is 11.3 Å². The molecule has 26 heavy (non-hydrogen) atoms. The van der Waals surface area contributed by atoms with Gasteiger partial charge in [-0.05, 0) is 43.4 Å². The fourth-order valence-electron chi connectivity index (χ4n) is 3.10. The molecule has 0 spiro atoms. The van der Waals surface area contributed by atoms with Crippen molar-refractivity contribution in [3.8, 4) is 11.3 Å². The summed E-state index contributed by atoms with van der Waals surface area (Å²) in [6, 6.07) is 20.1. The molecule has 134 valence electrons. The van der Waals surface area contributed by atoms with E-state index in [4.69, 9.17) is 0 Å². The van der Waals surface area contributed by atoms with Crippen molar-refractivity contribution in [3.63, 3.8) is 0 Å². The number of aryl methyl sites for hydroxylation is 1. The van der Waals surface area contributed by atoms with E-state index in [9.17, 15) is 4.79 Å². The lowest BCUT2D eigenvalue weighted by atomic mass is 10.1. The summed E-state index contributed by atoms with van der Waals surface area (Å²) >= 11 is 1.81. The summed E-state index contributed by atoms with van der Waals surface area (Å²) in [4.78, 5) is 12.9. The van der Waals surface area contributed by atoms with Gasteiger partial charge in [-0.15, -0.1) is 0 Å². The first-order chi connectivity index (χ1) is 12.6. The second-order valence-corrected chi connectivity index (χ2v) is 7.29. The first kappa shape index (κ1) is 18.3. The molecule has 1 N–H and O–H groups in total. The zero-order valence-corrected chi connectivity index (χ0v) is 16.3. The van der Waals surface area contributed by atoms with Crippen LogP contribution in [0.1, 0.15) is 21.6 Å². The molecule has 0 saturated carbocycles. The zero-order valence-electron chi connectivity index (χ0n) is 15.5. The largest absolute Gasteiger partial charge is 0.343 e. The molecule has 0 fully saturated rings. The van der Waals surface area contributed by atoms with Crippen LogP contribution in [0.3, 0.4) is 0 Å². The minimum Gasteiger partial charge on any atom is -0.343 e. The molecule has 0 saturated heterocycles. The predicted molar refractivity (Wildman–Crippen MR) is 112 cm³/mol. The molecule has 3 rings (SSSR count). The number of carbonyl (C=O) groups excluding carboxylic acids is 1. The first-order valence-electron chi connectivity index (χ1n) is 8.73. The Morgan fingerprint density at radius 3 is 2.42 bits per heavy atom. The molecule has 1 aromatic heterocycles. The van der Waals surface area contributed by atoms with E-state index in [0.29, 0.717) is 0 Å². The molecular weight excluding hydrogens is 340 g/mol. The maximum Gasteiger partial charge on any atom is 0.257 e. The highest BCUT2D eigenvalue weighted by atomic mass is 32.2. The quantitative estimate of drug-likeness (QED) is 0.636. The zero-order chi connectivity index (χ0) is 18.5. The number of carbonyl (C=O) groups is 1. The van der Waals surface area contributed by atoms with E-state index in [-0.39, 0.29) is 5.91 Å². The molecule has 0 bridgehead atoms. The van der Waals surface area contributed by atoms with E-state index in [0.717, 1.165) is 46.1 Å². The number of nitrogens with one attached hydrogen (secondary N) is 1. The number of thioether (sulfide) groups is 1. The maximum absolute atomic E-state index is 12.9. The van der Waals surface area contributed by atoms with Crippen molar-refractivity contribution in [2.75, 3.05) is 17.3 Å². The Bertz CT molecular complexity index is 900. The van der Waals surface area contributed by atoms with Crippen LogP contribution in [0.4, 0.5) is 5.69 Å². The molecule has 1 heterocycles. The standard InChI is InChI=1S/C22H24N2OS/c1-16-9-7-8-12-20(16)23-22(25)19-15-21(18-10-5-4-6-11-18)24(17(19)2)13-14-26-3/h4-12,15H,13-14H2,1-3H3,(H,23,25). The lowest BCUT2D eigenvalue weighted by Gasteiger charge is -2.12. The highest BCUT2D eigenvalue weighted by Crippen LogP contribution is 2.27. The molecule has 3 nitrogen and oxygen atoms in total. The molecule has 0 radical (unpaired) electrons. The summed E-state index contributed by atoms with van der Waals surface area (Å²) in [6.07, 6.45) is 2.10. The Hall–Kier alpha value is -2.46. The summed E-state index contributed by atoms with van der Waals surface area (Å²) in [5.74, 6) is 0.950. The molecule has 0 aliphatic heterocycles.